The molecule has 0 N–H and O–H groups in total. The van der Waals surface area contributed by atoms with E-state index in [1.165, 1.54) is 24.7 Å². The lowest BCUT2D eigenvalue weighted by Gasteiger charge is -2.39. The third kappa shape index (κ3) is 4.89. The summed E-state index contributed by atoms with van der Waals surface area (Å²) in [6.07, 6.45) is 5.62. The maximum atomic E-state index is 14.9. The molecule has 166 valence electrons. The SMILES string of the molecule is CC(C)(C)OC(=O)N1CCC(N(C(=O)c2ccc(-c3cnco3)cc2F)C2CC2)CC1. The summed E-state index contributed by atoms with van der Waals surface area (Å²) >= 11 is 0. The number of rotatable bonds is 4. The van der Waals surface area contributed by atoms with Crippen molar-refractivity contribution in [2.45, 2.75) is 64.1 Å². The van der Waals surface area contributed by atoms with Gasteiger partial charge in [-0.2, -0.15) is 0 Å². The Morgan fingerprint density at radius 2 is 1.84 bits per heavy atom. The van der Waals surface area contributed by atoms with Gasteiger partial charge < -0.3 is 19.0 Å². The predicted molar refractivity (Wildman–Crippen MR) is 112 cm³/mol. The molecule has 4 rings (SSSR count). The van der Waals surface area contributed by atoms with Gasteiger partial charge in [0.05, 0.1) is 11.8 Å². The van der Waals surface area contributed by atoms with Gasteiger partial charge in [-0.05, 0) is 58.6 Å². The topological polar surface area (TPSA) is 75.9 Å². The second-order valence-electron chi connectivity index (χ2n) is 9.20. The minimum atomic E-state index is -0.573. The summed E-state index contributed by atoms with van der Waals surface area (Å²) in [7, 11) is 0. The van der Waals surface area contributed by atoms with Crippen LogP contribution in [0.2, 0.25) is 0 Å². The van der Waals surface area contributed by atoms with Crippen LogP contribution in [0.25, 0.3) is 11.3 Å². The van der Waals surface area contributed by atoms with Crippen LogP contribution in [0, 0.1) is 5.82 Å². The third-order valence-electron chi connectivity index (χ3n) is 5.60. The molecule has 31 heavy (non-hydrogen) atoms. The molecule has 0 spiro atoms. The maximum Gasteiger partial charge on any atom is 0.410 e. The molecule has 1 aromatic carbocycles. The lowest BCUT2D eigenvalue weighted by atomic mass is 10.0. The number of aromatic nitrogens is 1. The lowest BCUT2D eigenvalue weighted by Crippen LogP contribution is -2.50. The number of likely N-dealkylation sites (tertiary alicyclic amines) is 1. The van der Waals surface area contributed by atoms with Crippen LogP contribution in [0.5, 0.6) is 0 Å². The van der Waals surface area contributed by atoms with Gasteiger partial charge in [-0.15, -0.1) is 0 Å². The van der Waals surface area contributed by atoms with E-state index >= 15 is 0 Å². The van der Waals surface area contributed by atoms with Crippen LogP contribution in [0.15, 0.2) is 35.2 Å². The van der Waals surface area contributed by atoms with Crippen molar-refractivity contribution in [3.63, 3.8) is 0 Å². The molecule has 1 saturated carbocycles. The summed E-state index contributed by atoms with van der Waals surface area (Å²) in [5.74, 6) is -0.415. The van der Waals surface area contributed by atoms with Crippen molar-refractivity contribution in [2.75, 3.05) is 13.1 Å². The van der Waals surface area contributed by atoms with Crippen molar-refractivity contribution in [2.24, 2.45) is 0 Å². The van der Waals surface area contributed by atoms with E-state index in [9.17, 15) is 14.0 Å². The number of hydrogen-bond donors (Lipinski definition) is 0. The first-order valence-corrected chi connectivity index (χ1v) is 10.7. The highest BCUT2D eigenvalue weighted by Gasteiger charge is 2.40. The summed E-state index contributed by atoms with van der Waals surface area (Å²) in [4.78, 5) is 33.0. The molecule has 0 atom stereocenters. The fourth-order valence-corrected chi connectivity index (χ4v) is 3.97. The number of oxazole rings is 1. The number of carbonyl (C=O) groups excluding carboxylic acids is 2. The fourth-order valence-electron chi connectivity index (χ4n) is 3.97. The normalized spacial score (nSPS) is 17.5. The van der Waals surface area contributed by atoms with E-state index in [2.05, 4.69) is 4.98 Å². The van der Waals surface area contributed by atoms with E-state index < -0.39 is 11.4 Å². The lowest BCUT2D eigenvalue weighted by molar-refractivity contribution is 0.0142. The van der Waals surface area contributed by atoms with Crippen LogP contribution in [-0.2, 0) is 4.74 Å². The van der Waals surface area contributed by atoms with Gasteiger partial charge in [0, 0.05) is 30.7 Å². The van der Waals surface area contributed by atoms with E-state index in [1.54, 1.807) is 11.0 Å². The van der Waals surface area contributed by atoms with Crippen LogP contribution >= 0.6 is 0 Å². The fraction of sp³-hybridized carbons (Fsp3) is 0.522. The summed E-state index contributed by atoms with van der Waals surface area (Å²) in [6, 6.07) is 4.61. The van der Waals surface area contributed by atoms with E-state index in [0.717, 1.165) is 12.8 Å². The predicted octanol–water partition coefficient (Wildman–Crippen LogP) is 4.48. The average molecular weight is 429 g/mol. The van der Waals surface area contributed by atoms with Gasteiger partial charge in [-0.1, -0.05) is 6.07 Å². The zero-order valence-electron chi connectivity index (χ0n) is 18.1. The first-order chi connectivity index (χ1) is 14.7. The van der Waals surface area contributed by atoms with Gasteiger partial charge in [0.1, 0.15) is 11.4 Å². The van der Waals surface area contributed by atoms with Crippen LogP contribution < -0.4 is 0 Å². The molecule has 0 radical (unpaired) electrons. The van der Waals surface area contributed by atoms with Gasteiger partial charge in [-0.3, -0.25) is 4.79 Å². The Hall–Kier alpha value is -2.90. The summed E-state index contributed by atoms with van der Waals surface area (Å²) in [6.45, 7) is 6.56. The van der Waals surface area contributed by atoms with Crippen LogP contribution in [-0.4, -0.2) is 57.6 Å². The second kappa shape index (κ2) is 8.32. The molecule has 1 aromatic heterocycles. The number of carbonyl (C=O) groups is 2. The molecule has 1 aliphatic carbocycles. The zero-order chi connectivity index (χ0) is 22.2. The Labute approximate surface area is 181 Å². The molecule has 2 aromatic rings. The monoisotopic (exact) mass is 429 g/mol. The average Bonchev–Trinajstić information content (AvgIpc) is 3.38. The van der Waals surface area contributed by atoms with Crippen molar-refractivity contribution < 1.29 is 23.1 Å². The molecule has 7 nitrogen and oxygen atoms in total. The number of nitrogens with zero attached hydrogens (tertiary/aromatic N) is 3. The van der Waals surface area contributed by atoms with E-state index in [-0.39, 0.29) is 29.6 Å². The highest BCUT2D eigenvalue weighted by Crippen LogP contribution is 2.34. The number of benzene rings is 1. The molecule has 0 bridgehead atoms. The zero-order valence-corrected chi connectivity index (χ0v) is 18.1. The van der Waals surface area contributed by atoms with Crippen molar-refractivity contribution in [3.8, 4) is 11.3 Å². The van der Waals surface area contributed by atoms with E-state index in [1.807, 2.05) is 25.7 Å². The van der Waals surface area contributed by atoms with Gasteiger partial charge >= 0.3 is 6.09 Å². The van der Waals surface area contributed by atoms with Crippen molar-refractivity contribution in [1.29, 1.82) is 0 Å². The number of piperidine rings is 1. The molecule has 2 heterocycles. The smallest absolute Gasteiger partial charge is 0.410 e. The highest BCUT2D eigenvalue weighted by atomic mass is 19.1. The first kappa shape index (κ1) is 21.3. The highest BCUT2D eigenvalue weighted by molar-refractivity contribution is 5.95. The Bertz CT molecular complexity index is 942. The Kier molecular flexibility index (Phi) is 5.73. The molecule has 8 heteroatoms. The Morgan fingerprint density at radius 3 is 2.39 bits per heavy atom. The van der Waals surface area contributed by atoms with E-state index in [4.69, 9.17) is 9.15 Å². The van der Waals surface area contributed by atoms with Gasteiger partial charge in [-0.25, -0.2) is 14.2 Å². The molecule has 2 fully saturated rings. The summed E-state index contributed by atoms with van der Waals surface area (Å²) in [5.41, 5.74) is 0.0548. The molecule has 1 aliphatic heterocycles. The largest absolute Gasteiger partial charge is 0.444 e. The quantitative estimate of drug-likeness (QED) is 0.716. The number of ether oxygens (including phenoxy) is 1. The number of amides is 2. The molecule has 2 aliphatic rings. The van der Waals surface area contributed by atoms with Crippen LogP contribution in [0.1, 0.15) is 56.8 Å². The maximum absolute atomic E-state index is 14.9. The third-order valence-corrected chi connectivity index (χ3v) is 5.60. The van der Waals surface area contributed by atoms with Crippen molar-refractivity contribution >= 4 is 12.0 Å². The number of halogens is 1. The Balaban J connectivity index is 1.45. The molecule has 0 unspecified atom stereocenters. The minimum Gasteiger partial charge on any atom is -0.444 e. The van der Waals surface area contributed by atoms with E-state index in [0.29, 0.717) is 37.3 Å². The van der Waals surface area contributed by atoms with Crippen molar-refractivity contribution in [1.82, 2.24) is 14.8 Å². The Morgan fingerprint density at radius 1 is 1.16 bits per heavy atom. The molecular weight excluding hydrogens is 401 g/mol. The second-order valence-corrected chi connectivity index (χ2v) is 9.20. The standard InChI is InChI=1S/C23H28FN3O4/c1-23(2,3)31-22(29)26-10-8-17(9-11-26)27(16-5-6-16)21(28)18-7-4-15(12-19(18)24)20-13-25-14-30-20/h4,7,12-14,16-17H,5-6,8-11H2,1-3H3. The van der Waals surface area contributed by atoms with Gasteiger partial charge in [0.15, 0.2) is 12.2 Å². The van der Waals surface area contributed by atoms with Gasteiger partial charge in [0.2, 0.25) is 0 Å². The van der Waals surface area contributed by atoms with Crippen LogP contribution in [0.3, 0.4) is 0 Å². The van der Waals surface area contributed by atoms with Crippen LogP contribution in [0.4, 0.5) is 9.18 Å². The summed E-state index contributed by atoms with van der Waals surface area (Å²) in [5, 5.41) is 0. The molecule has 2 amide bonds. The summed E-state index contributed by atoms with van der Waals surface area (Å²) < 4.78 is 25.5. The minimum absolute atomic E-state index is 0.0213. The van der Waals surface area contributed by atoms with Crippen molar-refractivity contribution in [3.05, 3.63) is 42.2 Å². The number of hydrogen-bond acceptors (Lipinski definition) is 5. The molecular formula is C23H28FN3O4. The van der Waals surface area contributed by atoms with Gasteiger partial charge in [0.25, 0.3) is 5.91 Å². The molecule has 1 saturated heterocycles. The first-order valence-electron chi connectivity index (χ1n) is 10.7.